The molecule has 1 unspecified atom stereocenters. The van der Waals surface area contributed by atoms with E-state index in [0.717, 1.165) is 53.5 Å². The monoisotopic (exact) mass is 430 g/mol. The minimum atomic E-state index is 0.853. The Bertz CT molecular complexity index is 535. The number of likely N-dealkylation sites (tertiary alicyclic amines) is 2. The molecule has 0 bridgehead atoms. The predicted molar refractivity (Wildman–Crippen MR) is 134 cm³/mol. The van der Waals surface area contributed by atoms with Gasteiger partial charge in [0.15, 0.2) is 0 Å². The van der Waals surface area contributed by atoms with Crippen LogP contribution in [0.1, 0.15) is 105 Å². The van der Waals surface area contributed by atoms with Crippen LogP contribution in [0.3, 0.4) is 0 Å². The van der Waals surface area contributed by atoms with Crippen LogP contribution in [0, 0.1) is 41.4 Å². The molecule has 180 valence electrons. The van der Waals surface area contributed by atoms with Gasteiger partial charge in [-0.25, -0.2) is 0 Å². The van der Waals surface area contributed by atoms with Crippen LogP contribution < -0.4 is 0 Å². The molecule has 2 nitrogen and oxygen atoms in total. The van der Waals surface area contributed by atoms with Crippen molar-refractivity contribution in [3.05, 3.63) is 0 Å². The van der Waals surface area contributed by atoms with E-state index < -0.39 is 0 Å². The zero-order valence-electron chi connectivity index (χ0n) is 21.7. The minimum Gasteiger partial charge on any atom is -0.300 e. The summed E-state index contributed by atoms with van der Waals surface area (Å²) in [6.07, 6.45) is 16.2. The second-order valence-corrected chi connectivity index (χ2v) is 12.7. The molecule has 5 atom stereocenters. The summed E-state index contributed by atoms with van der Waals surface area (Å²) in [5, 5.41) is 0. The van der Waals surface area contributed by atoms with Gasteiger partial charge in [0.25, 0.3) is 0 Å². The van der Waals surface area contributed by atoms with Crippen LogP contribution in [0.4, 0.5) is 0 Å². The summed E-state index contributed by atoms with van der Waals surface area (Å²) in [7, 11) is 0. The van der Waals surface area contributed by atoms with Crippen molar-refractivity contribution in [1.82, 2.24) is 9.80 Å². The molecule has 2 heterocycles. The van der Waals surface area contributed by atoms with Gasteiger partial charge in [-0.15, -0.1) is 0 Å². The van der Waals surface area contributed by atoms with Gasteiger partial charge in [-0.1, -0.05) is 53.9 Å². The fraction of sp³-hybridized carbons (Fsp3) is 1.00. The van der Waals surface area contributed by atoms with Crippen molar-refractivity contribution in [1.29, 1.82) is 0 Å². The molecule has 0 N–H and O–H groups in total. The molecule has 0 aromatic heterocycles. The first-order chi connectivity index (χ1) is 15.0. The van der Waals surface area contributed by atoms with Crippen LogP contribution in [0.2, 0.25) is 0 Å². The Morgan fingerprint density at radius 2 is 1.35 bits per heavy atom. The fourth-order valence-corrected chi connectivity index (χ4v) is 8.00. The Balaban J connectivity index is 1.19. The van der Waals surface area contributed by atoms with E-state index in [0.29, 0.717) is 0 Å². The molecule has 4 fully saturated rings. The largest absolute Gasteiger partial charge is 0.300 e. The lowest BCUT2D eigenvalue weighted by Crippen LogP contribution is -2.51. The van der Waals surface area contributed by atoms with E-state index in [1.165, 1.54) is 96.8 Å². The standard InChI is InChI=1S/C29H54N2/c1-6-24-11-13-30(19-25(24)7-2)28-17-23(18-28)15-22(5)16-26-12-14-31(27-9-8-10-27)20-29(26)21(3)4/h21-29H,6-20H2,1-5H3/t22?,23?,24-,25-,26-,28?,29+/m1/s1. The number of hydrogen-bond acceptors (Lipinski definition) is 2. The maximum Gasteiger partial charge on any atom is 0.0101 e. The molecule has 2 aliphatic carbocycles. The molecule has 4 aliphatic rings. The molecule has 0 spiro atoms. The van der Waals surface area contributed by atoms with Crippen LogP contribution in [-0.4, -0.2) is 48.1 Å². The zero-order valence-corrected chi connectivity index (χ0v) is 21.7. The number of rotatable bonds is 9. The van der Waals surface area contributed by atoms with Gasteiger partial charge in [0.1, 0.15) is 0 Å². The van der Waals surface area contributed by atoms with Crippen LogP contribution in [-0.2, 0) is 0 Å². The number of hydrogen-bond donors (Lipinski definition) is 0. The minimum absolute atomic E-state index is 0.853. The SMILES string of the molecule is CC[C@@H]1CCN(C2CC(CC(C)C[C@H]3CCN(C4CCC4)C[C@H]3C(C)C)C2)C[C@H]1CC. The summed E-state index contributed by atoms with van der Waals surface area (Å²) in [5.74, 6) is 6.71. The normalized spacial score (nSPS) is 39.3. The number of nitrogens with zero attached hydrogens (tertiary/aromatic N) is 2. The topological polar surface area (TPSA) is 6.48 Å². The van der Waals surface area contributed by atoms with Gasteiger partial charge >= 0.3 is 0 Å². The lowest BCUT2D eigenvalue weighted by atomic mass is 9.69. The van der Waals surface area contributed by atoms with Crippen molar-refractivity contribution in [2.24, 2.45) is 41.4 Å². The highest BCUT2D eigenvalue weighted by atomic mass is 15.2. The van der Waals surface area contributed by atoms with Gasteiger partial charge in [-0.2, -0.15) is 0 Å². The van der Waals surface area contributed by atoms with Gasteiger partial charge in [0.2, 0.25) is 0 Å². The van der Waals surface area contributed by atoms with E-state index in [2.05, 4.69) is 44.4 Å². The van der Waals surface area contributed by atoms with Crippen LogP contribution in [0.5, 0.6) is 0 Å². The third-order valence-corrected chi connectivity index (χ3v) is 10.4. The van der Waals surface area contributed by atoms with E-state index in [1.54, 1.807) is 0 Å². The maximum absolute atomic E-state index is 2.90. The summed E-state index contributed by atoms with van der Waals surface area (Å²) < 4.78 is 0. The lowest BCUT2D eigenvalue weighted by molar-refractivity contribution is 0.00495. The van der Waals surface area contributed by atoms with E-state index in [1.807, 2.05) is 0 Å². The third kappa shape index (κ3) is 5.71. The second kappa shape index (κ2) is 10.9. The quantitative estimate of drug-likeness (QED) is 0.385. The molecule has 0 radical (unpaired) electrons. The molecule has 2 saturated carbocycles. The van der Waals surface area contributed by atoms with Gasteiger partial charge < -0.3 is 9.80 Å². The first kappa shape index (κ1) is 24.1. The Labute approximate surface area is 194 Å². The van der Waals surface area contributed by atoms with Crippen molar-refractivity contribution in [2.45, 2.75) is 117 Å². The van der Waals surface area contributed by atoms with Gasteiger partial charge in [0, 0.05) is 25.2 Å². The predicted octanol–water partition coefficient (Wildman–Crippen LogP) is 7.09. The van der Waals surface area contributed by atoms with Gasteiger partial charge in [-0.3, -0.25) is 0 Å². The van der Waals surface area contributed by atoms with Crippen LogP contribution in [0.25, 0.3) is 0 Å². The van der Waals surface area contributed by atoms with Crippen molar-refractivity contribution in [3.63, 3.8) is 0 Å². The van der Waals surface area contributed by atoms with Crippen molar-refractivity contribution < 1.29 is 0 Å². The second-order valence-electron chi connectivity index (χ2n) is 12.7. The number of piperidine rings is 2. The Hall–Kier alpha value is -0.0800. The zero-order chi connectivity index (χ0) is 22.0. The van der Waals surface area contributed by atoms with Crippen molar-refractivity contribution in [3.8, 4) is 0 Å². The Morgan fingerprint density at radius 1 is 0.710 bits per heavy atom. The highest BCUT2D eigenvalue weighted by Gasteiger charge is 2.39. The average molecular weight is 431 g/mol. The molecular formula is C29H54N2. The van der Waals surface area contributed by atoms with E-state index >= 15 is 0 Å². The summed E-state index contributed by atoms with van der Waals surface area (Å²) in [5.41, 5.74) is 0. The molecule has 0 aromatic rings. The van der Waals surface area contributed by atoms with Crippen LogP contribution >= 0.6 is 0 Å². The summed E-state index contributed by atoms with van der Waals surface area (Å²) in [6.45, 7) is 18.0. The highest BCUT2D eigenvalue weighted by molar-refractivity contribution is 4.93. The Kier molecular flexibility index (Phi) is 8.46. The van der Waals surface area contributed by atoms with Crippen molar-refractivity contribution >= 4 is 0 Å². The lowest BCUT2D eigenvalue weighted by Gasteiger charge is -2.49. The van der Waals surface area contributed by atoms with E-state index in [-0.39, 0.29) is 0 Å². The first-order valence-corrected chi connectivity index (χ1v) is 14.5. The molecule has 0 amide bonds. The molecular weight excluding hydrogens is 376 g/mol. The van der Waals surface area contributed by atoms with Gasteiger partial charge in [0.05, 0.1) is 0 Å². The summed E-state index contributed by atoms with van der Waals surface area (Å²) in [6, 6.07) is 1.87. The highest BCUT2D eigenvalue weighted by Crippen LogP contribution is 2.43. The van der Waals surface area contributed by atoms with Crippen LogP contribution in [0.15, 0.2) is 0 Å². The molecule has 2 aliphatic heterocycles. The molecule has 0 aromatic carbocycles. The maximum atomic E-state index is 2.90. The van der Waals surface area contributed by atoms with Crippen molar-refractivity contribution in [2.75, 3.05) is 26.2 Å². The Morgan fingerprint density at radius 3 is 1.94 bits per heavy atom. The van der Waals surface area contributed by atoms with Gasteiger partial charge in [-0.05, 0) is 106 Å². The van der Waals surface area contributed by atoms with E-state index in [4.69, 9.17) is 0 Å². The molecule has 2 heteroatoms. The smallest absolute Gasteiger partial charge is 0.0101 e. The third-order valence-electron chi connectivity index (χ3n) is 10.4. The molecule has 31 heavy (non-hydrogen) atoms. The average Bonchev–Trinajstić information content (AvgIpc) is 2.69. The first-order valence-electron chi connectivity index (χ1n) is 14.5. The summed E-state index contributed by atoms with van der Waals surface area (Å²) >= 11 is 0. The fourth-order valence-electron chi connectivity index (χ4n) is 8.00. The molecule has 4 rings (SSSR count). The molecule has 2 saturated heterocycles. The summed E-state index contributed by atoms with van der Waals surface area (Å²) in [4.78, 5) is 5.77. The van der Waals surface area contributed by atoms with E-state index in [9.17, 15) is 0 Å².